The Labute approximate surface area is 131 Å². The van der Waals surface area contributed by atoms with E-state index in [-0.39, 0.29) is 23.2 Å². The van der Waals surface area contributed by atoms with Crippen molar-refractivity contribution in [3.63, 3.8) is 0 Å². The fourth-order valence-corrected chi connectivity index (χ4v) is 2.97. The number of rotatable bonds is 3. The van der Waals surface area contributed by atoms with E-state index in [1.165, 1.54) is 23.9 Å². The van der Waals surface area contributed by atoms with Gasteiger partial charge in [-0.15, -0.1) is 0 Å². The Bertz CT molecular complexity index is 787. The van der Waals surface area contributed by atoms with Gasteiger partial charge >= 0.3 is 5.69 Å². The summed E-state index contributed by atoms with van der Waals surface area (Å²) >= 11 is 0. The monoisotopic (exact) mass is 318 g/mol. The molecular weight excluding hydrogens is 303 g/mol. The Morgan fingerprint density at radius 2 is 2.30 bits per heavy atom. The molecule has 7 nitrogen and oxygen atoms in total. The lowest BCUT2D eigenvalue weighted by atomic mass is 9.87. The summed E-state index contributed by atoms with van der Waals surface area (Å²) in [5.74, 6) is -0.949. The maximum atomic E-state index is 13.5. The Kier molecular flexibility index (Phi) is 3.81. The number of benzene rings is 1. The minimum absolute atomic E-state index is 0.112. The van der Waals surface area contributed by atoms with Crippen LogP contribution in [0, 0.1) is 15.9 Å². The summed E-state index contributed by atoms with van der Waals surface area (Å²) in [5, 5.41) is 17.5. The molecule has 1 atom stereocenters. The third-order valence-corrected chi connectivity index (χ3v) is 4.06. The van der Waals surface area contributed by atoms with E-state index in [1.807, 2.05) is 0 Å². The highest BCUT2D eigenvalue weighted by Gasteiger charge is 2.29. The molecular formula is C15H15FN4O3. The third-order valence-electron chi connectivity index (χ3n) is 4.06. The van der Waals surface area contributed by atoms with Crippen molar-refractivity contribution < 1.29 is 14.1 Å². The molecule has 1 aliphatic carbocycles. The highest BCUT2D eigenvalue weighted by Crippen LogP contribution is 2.31. The SMILES string of the molecule is Cn1ncc([N+](=O)[O-])c1C(=O)N[C@H]1CCCc2ccc(F)cc21. The number of halogens is 1. The smallest absolute Gasteiger partial charge is 0.320 e. The first-order valence-electron chi connectivity index (χ1n) is 7.23. The minimum atomic E-state index is -0.642. The lowest BCUT2D eigenvalue weighted by Gasteiger charge is -2.26. The zero-order valence-electron chi connectivity index (χ0n) is 12.5. The molecule has 0 saturated heterocycles. The van der Waals surface area contributed by atoms with Crippen LogP contribution in [-0.4, -0.2) is 20.6 Å². The Morgan fingerprint density at radius 3 is 3.04 bits per heavy atom. The van der Waals surface area contributed by atoms with Crippen LogP contribution >= 0.6 is 0 Å². The van der Waals surface area contributed by atoms with Gasteiger partial charge in [-0.2, -0.15) is 5.10 Å². The molecule has 1 amide bonds. The second-order valence-corrected chi connectivity index (χ2v) is 5.52. The van der Waals surface area contributed by atoms with Crippen molar-refractivity contribution in [3.8, 4) is 0 Å². The van der Waals surface area contributed by atoms with Crippen LogP contribution in [0.2, 0.25) is 0 Å². The van der Waals surface area contributed by atoms with Gasteiger partial charge < -0.3 is 5.32 Å². The van der Waals surface area contributed by atoms with Gasteiger partial charge in [0.25, 0.3) is 5.91 Å². The predicted octanol–water partition coefficient (Wildman–Crippen LogP) is 2.27. The maximum Gasteiger partial charge on any atom is 0.320 e. The van der Waals surface area contributed by atoms with Crippen molar-refractivity contribution in [2.24, 2.45) is 7.05 Å². The van der Waals surface area contributed by atoms with Crippen LogP contribution in [0.5, 0.6) is 0 Å². The molecule has 0 spiro atoms. The summed E-state index contributed by atoms with van der Waals surface area (Å²) in [5.41, 5.74) is 1.26. The van der Waals surface area contributed by atoms with Crippen molar-refractivity contribution in [1.82, 2.24) is 15.1 Å². The van der Waals surface area contributed by atoms with Gasteiger partial charge in [0, 0.05) is 7.05 Å². The first-order valence-corrected chi connectivity index (χ1v) is 7.23. The Hall–Kier alpha value is -2.77. The lowest BCUT2D eigenvalue weighted by Crippen LogP contribution is -2.32. The minimum Gasteiger partial charge on any atom is -0.344 e. The highest BCUT2D eigenvalue weighted by atomic mass is 19.1. The molecule has 0 radical (unpaired) electrons. The van der Waals surface area contributed by atoms with E-state index in [1.54, 1.807) is 6.07 Å². The molecule has 1 aliphatic rings. The van der Waals surface area contributed by atoms with Crippen molar-refractivity contribution in [2.75, 3.05) is 0 Å². The van der Waals surface area contributed by atoms with Gasteiger partial charge in [0.05, 0.1) is 11.0 Å². The van der Waals surface area contributed by atoms with Gasteiger partial charge in [0.2, 0.25) is 5.69 Å². The molecule has 0 unspecified atom stereocenters. The topological polar surface area (TPSA) is 90.1 Å². The number of aromatic nitrogens is 2. The predicted molar refractivity (Wildman–Crippen MR) is 79.4 cm³/mol. The standard InChI is InChI=1S/C15H15FN4O3/c1-19-14(13(8-17-19)20(22)23)15(21)18-12-4-2-3-9-5-6-10(16)7-11(9)12/h5-8,12H,2-4H2,1H3,(H,18,21)/t12-/m0/s1. The number of nitrogens with one attached hydrogen (secondary N) is 1. The summed E-state index contributed by atoms with van der Waals surface area (Å²) < 4.78 is 14.7. The molecule has 0 saturated carbocycles. The van der Waals surface area contributed by atoms with E-state index >= 15 is 0 Å². The molecule has 120 valence electrons. The number of nitro groups is 1. The van der Waals surface area contributed by atoms with Crippen LogP contribution in [0.25, 0.3) is 0 Å². The van der Waals surface area contributed by atoms with E-state index in [0.717, 1.165) is 30.2 Å². The molecule has 0 fully saturated rings. The second-order valence-electron chi connectivity index (χ2n) is 5.52. The van der Waals surface area contributed by atoms with Crippen LogP contribution < -0.4 is 5.32 Å². The molecule has 0 bridgehead atoms. The lowest BCUT2D eigenvalue weighted by molar-refractivity contribution is -0.385. The number of hydrogen-bond donors (Lipinski definition) is 1. The van der Waals surface area contributed by atoms with Gasteiger partial charge in [-0.25, -0.2) is 4.39 Å². The van der Waals surface area contributed by atoms with E-state index in [2.05, 4.69) is 10.4 Å². The molecule has 1 heterocycles. The number of aryl methyl sites for hydroxylation is 2. The molecule has 23 heavy (non-hydrogen) atoms. The summed E-state index contributed by atoms with van der Waals surface area (Å²) in [6, 6.07) is 4.16. The van der Waals surface area contributed by atoms with Crippen LogP contribution in [0.3, 0.4) is 0 Å². The van der Waals surface area contributed by atoms with Crippen LogP contribution in [-0.2, 0) is 13.5 Å². The zero-order valence-corrected chi connectivity index (χ0v) is 12.5. The fraction of sp³-hybridized carbons (Fsp3) is 0.333. The van der Waals surface area contributed by atoms with Crippen LogP contribution in [0.1, 0.15) is 40.5 Å². The fourth-order valence-electron chi connectivity index (χ4n) is 2.97. The number of carbonyl (C=O) groups excluding carboxylic acids is 1. The maximum absolute atomic E-state index is 13.5. The summed E-state index contributed by atoms with van der Waals surface area (Å²) in [7, 11) is 1.47. The molecule has 1 aromatic heterocycles. The van der Waals surface area contributed by atoms with Crippen molar-refractivity contribution in [1.29, 1.82) is 0 Å². The van der Waals surface area contributed by atoms with Gasteiger partial charge in [0.15, 0.2) is 0 Å². The second kappa shape index (κ2) is 5.79. The molecule has 1 aromatic carbocycles. The van der Waals surface area contributed by atoms with Crippen LogP contribution in [0.15, 0.2) is 24.4 Å². The summed E-state index contributed by atoms with van der Waals surface area (Å²) in [6.45, 7) is 0. The quantitative estimate of drug-likeness (QED) is 0.694. The number of amides is 1. The van der Waals surface area contributed by atoms with Gasteiger partial charge in [0.1, 0.15) is 12.0 Å². The average Bonchev–Trinajstić information content (AvgIpc) is 2.90. The number of fused-ring (bicyclic) bond motifs is 1. The van der Waals surface area contributed by atoms with Crippen molar-refractivity contribution in [2.45, 2.75) is 25.3 Å². The molecule has 2 aromatic rings. The highest BCUT2D eigenvalue weighted by molar-refractivity contribution is 5.96. The van der Waals surface area contributed by atoms with Gasteiger partial charge in [-0.3, -0.25) is 19.6 Å². The molecule has 8 heteroatoms. The van der Waals surface area contributed by atoms with Crippen LogP contribution in [0.4, 0.5) is 10.1 Å². The number of carbonyl (C=O) groups is 1. The summed E-state index contributed by atoms with van der Waals surface area (Å²) in [6.07, 6.45) is 3.39. The van der Waals surface area contributed by atoms with Crippen molar-refractivity contribution in [3.05, 3.63) is 57.1 Å². The summed E-state index contributed by atoms with van der Waals surface area (Å²) in [4.78, 5) is 22.8. The van der Waals surface area contributed by atoms with Gasteiger partial charge in [-0.1, -0.05) is 6.07 Å². The largest absolute Gasteiger partial charge is 0.344 e. The Balaban J connectivity index is 1.89. The molecule has 3 rings (SSSR count). The molecule has 0 aliphatic heterocycles. The van der Waals surface area contributed by atoms with E-state index in [4.69, 9.17) is 0 Å². The number of nitrogens with zero attached hydrogens (tertiary/aromatic N) is 3. The van der Waals surface area contributed by atoms with E-state index in [0.29, 0.717) is 6.42 Å². The van der Waals surface area contributed by atoms with E-state index < -0.39 is 10.8 Å². The average molecular weight is 318 g/mol. The zero-order chi connectivity index (χ0) is 16.6. The van der Waals surface area contributed by atoms with Crippen molar-refractivity contribution >= 4 is 11.6 Å². The van der Waals surface area contributed by atoms with E-state index in [9.17, 15) is 19.3 Å². The third kappa shape index (κ3) is 2.79. The first kappa shape index (κ1) is 15.1. The Morgan fingerprint density at radius 1 is 1.52 bits per heavy atom. The van der Waals surface area contributed by atoms with Gasteiger partial charge in [-0.05, 0) is 42.5 Å². The molecule has 1 N–H and O–H groups in total. The number of hydrogen-bond acceptors (Lipinski definition) is 4. The normalized spacial score (nSPS) is 16.7. The first-order chi connectivity index (χ1) is 11.0.